The van der Waals surface area contributed by atoms with Crippen molar-refractivity contribution in [3.63, 3.8) is 0 Å². The summed E-state index contributed by atoms with van der Waals surface area (Å²) in [6.07, 6.45) is 1.59. The first-order valence-corrected chi connectivity index (χ1v) is 9.23. The molecule has 0 unspecified atom stereocenters. The van der Waals surface area contributed by atoms with Crippen molar-refractivity contribution in [1.82, 2.24) is 20.0 Å². The van der Waals surface area contributed by atoms with Crippen molar-refractivity contribution in [2.75, 3.05) is 4.90 Å². The van der Waals surface area contributed by atoms with E-state index in [4.69, 9.17) is 5.73 Å². The predicted octanol–water partition coefficient (Wildman–Crippen LogP) is 1.58. The molecule has 0 saturated heterocycles. The predicted molar refractivity (Wildman–Crippen MR) is 110 cm³/mol. The highest BCUT2D eigenvalue weighted by atomic mass is 16.2. The lowest BCUT2D eigenvalue weighted by atomic mass is 10.0. The molecule has 0 spiro atoms. The van der Waals surface area contributed by atoms with E-state index in [9.17, 15) is 14.4 Å². The number of carbonyl (C=O) groups excluding carboxylic acids is 2. The number of aromatic nitrogens is 4. The summed E-state index contributed by atoms with van der Waals surface area (Å²) in [4.78, 5) is 39.2. The second kappa shape index (κ2) is 6.46. The number of aromatic amines is 1. The zero-order valence-electron chi connectivity index (χ0n) is 15.9. The van der Waals surface area contributed by atoms with Gasteiger partial charge in [0.1, 0.15) is 5.82 Å². The first kappa shape index (κ1) is 18.0. The molecule has 9 nitrogen and oxygen atoms in total. The highest BCUT2D eigenvalue weighted by molar-refractivity contribution is 6.35. The molecule has 2 aromatic carbocycles. The van der Waals surface area contributed by atoms with Crippen LogP contribution in [0.15, 0.2) is 53.5 Å². The molecular weight excluding hydrogens is 384 g/mol. The summed E-state index contributed by atoms with van der Waals surface area (Å²) >= 11 is 0. The zero-order valence-corrected chi connectivity index (χ0v) is 15.9. The summed E-state index contributed by atoms with van der Waals surface area (Å²) in [6.45, 7) is 0.148. The molecule has 0 radical (unpaired) electrons. The first-order chi connectivity index (χ1) is 14.5. The van der Waals surface area contributed by atoms with Crippen molar-refractivity contribution in [3.05, 3.63) is 75.8 Å². The molecule has 0 saturated carbocycles. The van der Waals surface area contributed by atoms with Crippen LogP contribution in [0.25, 0.3) is 21.9 Å². The van der Waals surface area contributed by atoms with Gasteiger partial charge in [-0.25, -0.2) is 10.00 Å². The van der Waals surface area contributed by atoms with Gasteiger partial charge in [0.05, 0.1) is 28.4 Å². The van der Waals surface area contributed by atoms with Gasteiger partial charge >= 0.3 is 0 Å². The van der Waals surface area contributed by atoms with Gasteiger partial charge in [0, 0.05) is 24.5 Å². The Morgan fingerprint density at radius 1 is 0.967 bits per heavy atom. The fourth-order valence-electron chi connectivity index (χ4n) is 3.82. The number of nitrogens with two attached hydrogens (primary N) is 1. The molecule has 3 N–H and O–H groups in total. The summed E-state index contributed by atoms with van der Waals surface area (Å²) in [6, 6.07) is 11.9. The molecule has 2 aromatic heterocycles. The average Bonchev–Trinajstić information content (AvgIpc) is 3.25. The number of nitrogens with zero attached hydrogens (tertiary/aromatic N) is 4. The van der Waals surface area contributed by atoms with E-state index in [0.29, 0.717) is 44.5 Å². The SMILES string of the molecule is Cn1ncc(-c2ccc3c(=O)[nH]nc(CN)c3c2)c1N1C(=O)c2ccccc2C1=O. The number of fused-ring (bicyclic) bond motifs is 2. The second-order valence-corrected chi connectivity index (χ2v) is 6.96. The molecule has 2 amide bonds. The fraction of sp³-hybridized carbons (Fsp3) is 0.0952. The van der Waals surface area contributed by atoms with E-state index in [-0.39, 0.29) is 12.1 Å². The van der Waals surface area contributed by atoms with Gasteiger partial charge in [-0.15, -0.1) is 0 Å². The summed E-state index contributed by atoms with van der Waals surface area (Å²) in [7, 11) is 1.67. The lowest BCUT2D eigenvalue weighted by molar-refractivity contribution is 0.0924. The van der Waals surface area contributed by atoms with Crippen LogP contribution >= 0.6 is 0 Å². The van der Waals surface area contributed by atoms with Crippen molar-refractivity contribution in [2.45, 2.75) is 6.54 Å². The van der Waals surface area contributed by atoms with Crippen LogP contribution in [0.1, 0.15) is 26.4 Å². The highest BCUT2D eigenvalue weighted by Gasteiger charge is 2.39. The molecule has 4 aromatic rings. The fourth-order valence-corrected chi connectivity index (χ4v) is 3.82. The maximum atomic E-state index is 13.0. The minimum absolute atomic E-state index is 0.148. The van der Waals surface area contributed by atoms with Gasteiger partial charge < -0.3 is 5.73 Å². The Hall–Kier alpha value is -4.11. The number of carbonyl (C=O) groups is 2. The van der Waals surface area contributed by atoms with Crippen LogP contribution in [0.3, 0.4) is 0 Å². The minimum Gasteiger partial charge on any atom is -0.325 e. The van der Waals surface area contributed by atoms with E-state index in [1.165, 1.54) is 4.68 Å². The van der Waals surface area contributed by atoms with Gasteiger partial charge in [-0.05, 0) is 29.8 Å². The summed E-state index contributed by atoms with van der Waals surface area (Å²) in [5.74, 6) is -0.448. The lowest BCUT2D eigenvalue weighted by Crippen LogP contribution is -2.31. The number of anilines is 1. The van der Waals surface area contributed by atoms with Crippen molar-refractivity contribution in [2.24, 2.45) is 12.8 Å². The Kier molecular flexibility index (Phi) is 3.87. The number of H-pyrrole nitrogens is 1. The normalized spacial score (nSPS) is 13.3. The molecule has 1 aliphatic heterocycles. The third-order valence-electron chi connectivity index (χ3n) is 5.29. The van der Waals surface area contributed by atoms with Gasteiger partial charge in [-0.2, -0.15) is 10.2 Å². The van der Waals surface area contributed by atoms with Gasteiger partial charge in [-0.3, -0.25) is 19.1 Å². The number of rotatable bonds is 3. The van der Waals surface area contributed by atoms with E-state index >= 15 is 0 Å². The molecule has 0 fully saturated rings. The van der Waals surface area contributed by atoms with Crippen LogP contribution in [0.4, 0.5) is 5.82 Å². The van der Waals surface area contributed by atoms with Crippen LogP contribution in [0.5, 0.6) is 0 Å². The third kappa shape index (κ3) is 2.42. The van der Waals surface area contributed by atoms with Crippen LogP contribution in [0, 0.1) is 0 Å². The van der Waals surface area contributed by atoms with Crippen LogP contribution in [-0.4, -0.2) is 31.8 Å². The van der Waals surface area contributed by atoms with E-state index in [0.717, 1.165) is 4.90 Å². The van der Waals surface area contributed by atoms with Crippen molar-refractivity contribution in [1.29, 1.82) is 0 Å². The van der Waals surface area contributed by atoms with Gasteiger partial charge in [0.15, 0.2) is 0 Å². The number of nitrogens with one attached hydrogen (secondary N) is 1. The number of imide groups is 1. The van der Waals surface area contributed by atoms with E-state index in [2.05, 4.69) is 15.3 Å². The molecule has 30 heavy (non-hydrogen) atoms. The van der Waals surface area contributed by atoms with E-state index in [1.807, 2.05) is 0 Å². The number of aryl methyl sites for hydroxylation is 1. The maximum absolute atomic E-state index is 13.0. The van der Waals surface area contributed by atoms with Crippen LogP contribution < -0.4 is 16.2 Å². The van der Waals surface area contributed by atoms with Gasteiger partial charge in [-0.1, -0.05) is 18.2 Å². The maximum Gasteiger partial charge on any atom is 0.272 e. The molecule has 1 aliphatic rings. The van der Waals surface area contributed by atoms with E-state index < -0.39 is 11.8 Å². The molecule has 0 aliphatic carbocycles. The Labute approximate surface area is 169 Å². The Bertz CT molecular complexity index is 1380. The minimum atomic E-state index is -0.401. The average molecular weight is 400 g/mol. The molecule has 5 rings (SSSR count). The highest BCUT2D eigenvalue weighted by Crippen LogP contribution is 2.36. The third-order valence-corrected chi connectivity index (χ3v) is 5.29. The van der Waals surface area contributed by atoms with Crippen LogP contribution in [0.2, 0.25) is 0 Å². The monoisotopic (exact) mass is 400 g/mol. The first-order valence-electron chi connectivity index (χ1n) is 9.23. The quantitative estimate of drug-likeness (QED) is 0.503. The topological polar surface area (TPSA) is 127 Å². The summed E-state index contributed by atoms with van der Waals surface area (Å²) in [5.41, 5.74) is 7.97. The molecule has 3 heterocycles. The number of hydrogen-bond donors (Lipinski definition) is 2. The largest absolute Gasteiger partial charge is 0.325 e. The van der Waals surface area contributed by atoms with Gasteiger partial charge in [0.25, 0.3) is 17.4 Å². The van der Waals surface area contributed by atoms with Crippen molar-refractivity contribution in [3.8, 4) is 11.1 Å². The number of amides is 2. The lowest BCUT2D eigenvalue weighted by Gasteiger charge is -2.16. The molecule has 0 bridgehead atoms. The zero-order chi connectivity index (χ0) is 21.0. The number of benzene rings is 2. The standard InChI is InChI=1S/C21H16N6O3/c1-26-19(27-20(29)13-4-2-3-5-14(13)21(27)30)16(10-23-26)11-6-7-12-15(8-11)17(9-22)24-25-18(12)28/h2-8,10H,9,22H2,1H3,(H,25,28). The van der Waals surface area contributed by atoms with Crippen molar-refractivity contribution >= 4 is 28.4 Å². The molecule has 148 valence electrons. The Morgan fingerprint density at radius 3 is 2.33 bits per heavy atom. The van der Waals surface area contributed by atoms with Gasteiger partial charge in [0.2, 0.25) is 0 Å². The van der Waals surface area contributed by atoms with E-state index in [1.54, 1.807) is 55.7 Å². The molecule has 0 atom stereocenters. The Morgan fingerprint density at radius 2 is 1.67 bits per heavy atom. The van der Waals surface area contributed by atoms with Crippen LogP contribution in [-0.2, 0) is 13.6 Å². The molecular formula is C21H16N6O3. The summed E-state index contributed by atoms with van der Waals surface area (Å²) < 4.78 is 1.49. The molecule has 9 heteroatoms. The summed E-state index contributed by atoms with van der Waals surface area (Å²) in [5, 5.41) is 11.8. The smallest absolute Gasteiger partial charge is 0.272 e. The number of hydrogen-bond acceptors (Lipinski definition) is 6. The Balaban J connectivity index is 1.70. The van der Waals surface area contributed by atoms with Crippen molar-refractivity contribution < 1.29 is 9.59 Å². The second-order valence-electron chi connectivity index (χ2n) is 6.96.